The van der Waals surface area contributed by atoms with Gasteiger partial charge in [0.25, 0.3) is 0 Å². The van der Waals surface area contributed by atoms with E-state index in [1.807, 2.05) is 6.20 Å². The van der Waals surface area contributed by atoms with Gasteiger partial charge < -0.3 is 14.3 Å². The van der Waals surface area contributed by atoms with E-state index in [9.17, 15) is 0 Å². The summed E-state index contributed by atoms with van der Waals surface area (Å²) >= 11 is 0. The number of nitrogens with one attached hydrogen (secondary N) is 1. The van der Waals surface area contributed by atoms with Gasteiger partial charge in [0, 0.05) is 68.9 Å². The first-order chi connectivity index (χ1) is 11.8. The van der Waals surface area contributed by atoms with Crippen LogP contribution in [0.15, 0.2) is 48.8 Å². The SMILES string of the molecule is COCC[C@@H]1CN(Cc2cccc3[nH]ccc23)Cc2cccn2C1. The van der Waals surface area contributed by atoms with Crippen LogP contribution in [0.4, 0.5) is 0 Å². The van der Waals surface area contributed by atoms with Crippen LogP contribution < -0.4 is 0 Å². The van der Waals surface area contributed by atoms with Crippen molar-refractivity contribution in [2.75, 3.05) is 20.3 Å². The van der Waals surface area contributed by atoms with E-state index in [0.717, 1.165) is 39.2 Å². The van der Waals surface area contributed by atoms with Crippen molar-refractivity contribution in [2.45, 2.75) is 26.1 Å². The summed E-state index contributed by atoms with van der Waals surface area (Å²) in [5, 5.41) is 1.34. The molecule has 0 amide bonds. The Labute approximate surface area is 143 Å². The van der Waals surface area contributed by atoms with Crippen LogP contribution in [0, 0.1) is 5.92 Å². The normalized spacial score (nSPS) is 18.6. The number of hydrogen-bond acceptors (Lipinski definition) is 2. The van der Waals surface area contributed by atoms with Gasteiger partial charge in [-0.15, -0.1) is 0 Å². The van der Waals surface area contributed by atoms with Gasteiger partial charge in [-0.1, -0.05) is 12.1 Å². The van der Waals surface area contributed by atoms with Crippen LogP contribution in [0.2, 0.25) is 0 Å². The molecule has 0 saturated carbocycles. The number of ether oxygens (including phenoxy) is 1. The van der Waals surface area contributed by atoms with E-state index in [-0.39, 0.29) is 0 Å². The smallest absolute Gasteiger partial charge is 0.0466 e. The Morgan fingerprint density at radius 1 is 1.17 bits per heavy atom. The Morgan fingerprint density at radius 3 is 3.04 bits per heavy atom. The predicted octanol–water partition coefficient (Wildman–Crippen LogP) is 3.64. The first-order valence-electron chi connectivity index (χ1n) is 8.74. The molecular weight excluding hydrogens is 298 g/mol. The van der Waals surface area contributed by atoms with Gasteiger partial charge in [0.2, 0.25) is 0 Å². The van der Waals surface area contributed by atoms with Crippen LogP contribution >= 0.6 is 0 Å². The van der Waals surface area contributed by atoms with Gasteiger partial charge in [-0.05, 0) is 42.2 Å². The highest BCUT2D eigenvalue weighted by Gasteiger charge is 2.22. The number of benzene rings is 1. The summed E-state index contributed by atoms with van der Waals surface area (Å²) in [5.74, 6) is 0.629. The van der Waals surface area contributed by atoms with E-state index < -0.39 is 0 Å². The molecule has 1 atom stereocenters. The molecule has 4 heteroatoms. The van der Waals surface area contributed by atoms with E-state index in [0.29, 0.717) is 5.92 Å². The summed E-state index contributed by atoms with van der Waals surface area (Å²) in [6, 6.07) is 13.2. The molecule has 3 heterocycles. The zero-order chi connectivity index (χ0) is 16.4. The lowest BCUT2D eigenvalue weighted by Gasteiger charge is -2.24. The molecule has 1 N–H and O–H groups in total. The number of hydrogen-bond donors (Lipinski definition) is 1. The first kappa shape index (κ1) is 15.5. The Bertz CT molecular complexity index is 804. The van der Waals surface area contributed by atoms with Gasteiger partial charge in [-0.2, -0.15) is 0 Å². The van der Waals surface area contributed by atoms with Gasteiger partial charge in [-0.25, -0.2) is 0 Å². The average Bonchev–Trinajstić information content (AvgIpc) is 3.20. The number of fused-ring (bicyclic) bond motifs is 2. The maximum absolute atomic E-state index is 5.32. The molecule has 0 radical (unpaired) electrons. The fourth-order valence-corrected chi connectivity index (χ4v) is 3.88. The average molecular weight is 323 g/mol. The van der Waals surface area contributed by atoms with Gasteiger partial charge in [0.1, 0.15) is 0 Å². The van der Waals surface area contributed by atoms with Crippen molar-refractivity contribution in [2.24, 2.45) is 5.92 Å². The van der Waals surface area contributed by atoms with E-state index in [4.69, 9.17) is 4.74 Å². The minimum absolute atomic E-state index is 0.629. The second-order valence-electron chi connectivity index (χ2n) is 6.83. The number of rotatable bonds is 5. The van der Waals surface area contributed by atoms with Gasteiger partial charge in [-0.3, -0.25) is 4.90 Å². The molecule has 0 fully saturated rings. The highest BCUT2D eigenvalue weighted by atomic mass is 16.5. The minimum atomic E-state index is 0.629. The number of H-pyrrole nitrogens is 1. The summed E-state index contributed by atoms with van der Waals surface area (Å²) in [7, 11) is 1.79. The molecule has 126 valence electrons. The highest BCUT2D eigenvalue weighted by Crippen LogP contribution is 2.24. The maximum atomic E-state index is 5.32. The maximum Gasteiger partial charge on any atom is 0.0466 e. The Balaban J connectivity index is 1.58. The van der Waals surface area contributed by atoms with E-state index in [2.05, 4.69) is 57.0 Å². The molecular formula is C20H25N3O. The van der Waals surface area contributed by atoms with E-state index in [1.165, 1.54) is 22.2 Å². The molecule has 3 aromatic rings. The van der Waals surface area contributed by atoms with Crippen molar-refractivity contribution >= 4 is 10.9 Å². The lowest BCUT2D eigenvalue weighted by Crippen LogP contribution is -2.28. The Kier molecular flexibility index (Phi) is 4.41. The Morgan fingerprint density at radius 2 is 2.12 bits per heavy atom. The lowest BCUT2D eigenvalue weighted by molar-refractivity contribution is 0.151. The van der Waals surface area contributed by atoms with Gasteiger partial charge in [0.05, 0.1) is 0 Å². The van der Waals surface area contributed by atoms with E-state index >= 15 is 0 Å². The fraction of sp³-hybridized carbons (Fsp3) is 0.400. The number of nitrogens with zero attached hydrogens (tertiary/aromatic N) is 2. The third-order valence-corrected chi connectivity index (χ3v) is 5.09. The van der Waals surface area contributed by atoms with Crippen LogP contribution in [-0.4, -0.2) is 34.7 Å². The molecule has 0 bridgehead atoms. The van der Waals surface area contributed by atoms with Crippen molar-refractivity contribution < 1.29 is 4.74 Å². The molecule has 24 heavy (non-hydrogen) atoms. The van der Waals surface area contributed by atoms with Gasteiger partial charge in [0.15, 0.2) is 0 Å². The zero-order valence-electron chi connectivity index (χ0n) is 14.2. The molecule has 0 unspecified atom stereocenters. The monoisotopic (exact) mass is 323 g/mol. The van der Waals surface area contributed by atoms with Crippen molar-refractivity contribution in [1.29, 1.82) is 0 Å². The second kappa shape index (κ2) is 6.83. The van der Waals surface area contributed by atoms with Crippen LogP contribution in [0.3, 0.4) is 0 Å². The Hall–Kier alpha value is -2.04. The predicted molar refractivity (Wildman–Crippen MR) is 96.8 cm³/mol. The third-order valence-electron chi connectivity index (χ3n) is 5.09. The highest BCUT2D eigenvalue weighted by molar-refractivity contribution is 5.82. The standard InChI is InChI=1S/C20H25N3O/c1-24-11-8-16-12-22(15-18-5-3-10-23(18)13-16)14-17-4-2-6-20-19(17)7-9-21-20/h2-7,9-10,16,21H,8,11-15H2,1H3/t16-/m1/s1. The molecule has 1 aliphatic rings. The lowest BCUT2D eigenvalue weighted by atomic mass is 10.0. The van der Waals surface area contributed by atoms with Gasteiger partial charge >= 0.3 is 0 Å². The second-order valence-corrected chi connectivity index (χ2v) is 6.83. The number of methoxy groups -OCH3 is 1. The van der Waals surface area contributed by atoms with Crippen molar-refractivity contribution in [3.05, 3.63) is 60.0 Å². The molecule has 0 saturated heterocycles. The molecule has 1 aromatic carbocycles. The number of aromatic nitrogens is 2. The molecule has 1 aliphatic heterocycles. The van der Waals surface area contributed by atoms with Crippen molar-refractivity contribution in [3.63, 3.8) is 0 Å². The molecule has 4 rings (SSSR count). The summed E-state index contributed by atoms with van der Waals surface area (Å²) in [4.78, 5) is 5.90. The summed E-state index contributed by atoms with van der Waals surface area (Å²) in [5.41, 5.74) is 4.04. The van der Waals surface area contributed by atoms with E-state index in [1.54, 1.807) is 7.11 Å². The molecule has 4 nitrogen and oxygen atoms in total. The zero-order valence-corrected chi connectivity index (χ0v) is 14.2. The molecule has 0 spiro atoms. The quantitative estimate of drug-likeness (QED) is 0.778. The topological polar surface area (TPSA) is 33.2 Å². The van der Waals surface area contributed by atoms with Crippen LogP contribution in [0.5, 0.6) is 0 Å². The van der Waals surface area contributed by atoms with Crippen LogP contribution in [-0.2, 0) is 24.4 Å². The fourth-order valence-electron chi connectivity index (χ4n) is 3.88. The first-order valence-corrected chi connectivity index (χ1v) is 8.74. The number of aromatic amines is 1. The molecule has 2 aromatic heterocycles. The summed E-state index contributed by atoms with van der Waals surface area (Å²) < 4.78 is 7.74. The van der Waals surface area contributed by atoms with Crippen LogP contribution in [0.25, 0.3) is 10.9 Å². The minimum Gasteiger partial charge on any atom is -0.385 e. The largest absolute Gasteiger partial charge is 0.385 e. The van der Waals surface area contributed by atoms with Crippen molar-refractivity contribution in [3.8, 4) is 0 Å². The third kappa shape index (κ3) is 3.12. The van der Waals surface area contributed by atoms with Crippen LogP contribution in [0.1, 0.15) is 17.7 Å². The molecule has 0 aliphatic carbocycles. The van der Waals surface area contributed by atoms with Crippen molar-refractivity contribution in [1.82, 2.24) is 14.5 Å². The summed E-state index contributed by atoms with van der Waals surface area (Å²) in [6.07, 6.45) is 5.35. The summed E-state index contributed by atoms with van der Waals surface area (Å²) in [6.45, 7) is 5.05.